The lowest BCUT2D eigenvalue weighted by Gasteiger charge is -2.18. The monoisotopic (exact) mass is 636 g/mol. The van der Waals surface area contributed by atoms with Crippen LogP contribution >= 0.6 is 0 Å². The first kappa shape index (κ1) is 36.1. The van der Waals surface area contributed by atoms with Crippen LogP contribution in [0.3, 0.4) is 0 Å². The Labute approximate surface area is 283 Å². The maximum Gasteiger partial charge on any atom is 0.313 e. The van der Waals surface area contributed by atoms with Gasteiger partial charge < -0.3 is 14.2 Å². The predicted molar refractivity (Wildman–Crippen MR) is 196 cm³/mol. The highest BCUT2D eigenvalue weighted by atomic mass is 16.5. The lowest BCUT2D eigenvalue weighted by molar-refractivity contribution is -0.150. The molecule has 0 bridgehead atoms. The summed E-state index contributed by atoms with van der Waals surface area (Å²) in [6.45, 7) is 9.57. The molecule has 0 aliphatic rings. The van der Waals surface area contributed by atoms with E-state index in [9.17, 15) is 4.79 Å². The molecule has 252 valence electrons. The molecule has 0 spiro atoms. The average molecular weight is 637 g/mol. The van der Waals surface area contributed by atoms with E-state index in [1.54, 1.807) is 0 Å². The normalized spacial score (nSPS) is 11.9. The fourth-order valence-electron chi connectivity index (χ4n) is 5.94. The molecule has 4 aromatic carbocycles. The summed E-state index contributed by atoms with van der Waals surface area (Å²) in [5.41, 5.74) is 4.43. The summed E-state index contributed by atoms with van der Waals surface area (Å²) in [5.74, 6) is 1.30. The molecule has 0 unspecified atom stereocenters. The highest BCUT2D eigenvalue weighted by Crippen LogP contribution is 2.28. The molecule has 4 heteroatoms. The molecule has 0 heterocycles. The number of carbonyl (C=O) groups is 1. The summed E-state index contributed by atoms with van der Waals surface area (Å²) >= 11 is 0. The summed E-state index contributed by atoms with van der Waals surface area (Å²) in [4.78, 5) is 12.6. The van der Waals surface area contributed by atoms with Crippen molar-refractivity contribution in [3.8, 4) is 22.6 Å². The van der Waals surface area contributed by atoms with Gasteiger partial charge in [-0.1, -0.05) is 139 Å². The Kier molecular flexibility index (Phi) is 15.2. The summed E-state index contributed by atoms with van der Waals surface area (Å²) in [6, 6.07) is 29.2. The van der Waals surface area contributed by atoms with Crippen molar-refractivity contribution in [1.82, 2.24) is 0 Å². The maximum atomic E-state index is 12.6. The molecule has 4 rings (SSSR count). The molecule has 47 heavy (non-hydrogen) atoms. The van der Waals surface area contributed by atoms with E-state index in [1.165, 1.54) is 68.9 Å². The number of carbonyl (C=O) groups excluding carboxylic acids is 1. The minimum Gasteiger partial charge on any atom is -0.494 e. The Balaban J connectivity index is 1.19. The summed E-state index contributed by atoms with van der Waals surface area (Å²) in [7, 11) is 0. The Morgan fingerprint density at radius 2 is 1.15 bits per heavy atom. The lowest BCUT2D eigenvalue weighted by atomic mass is 9.97. The molecule has 0 saturated carbocycles. The molecule has 0 aromatic heterocycles. The second-order valence-electron chi connectivity index (χ2n) is 12.9. The smallest absolute Gasteiger partial charge is 0.313 e. The fraction of sp³-hybridized carbons (Fsp3) is 0.465. The van der Waals surface area contributed by atoms with Crippen LogP contribution in [-0.4, -0.2) is 18.7 Å². The zero-order valence-electron chi connectivity index (χ0n) is 29.3. The van der Waals surface area contributed by atoms with E-state index >= 15 is 0 Å². The van der Waals surface area contributed by atoms with Crippen molar-refractivity contribution in [3.05, 3.63) is 96.1 Å². The van der Waals surface area contributed by atoms with Gasteiger partial charge in [-0.05, 0) is 83.5 Å². The number of esters is 1. The molecular weight excluding hydrogens is 580 g/mol. The van der Waals surface area contributed by atoms with E-state index < -0.39 is 0 Å². The Morgan fingerprint density at radius 1 is 0.596 bits per heavy atom. The number of fused-ring (bicyclic) bond motifs is 1. The molecule has 0 radical (unpaired) electrons. The minimum absolute atomic E-state index is 0.0169. The Hall–Kier alpha value is -3.79. The van der Waals surface area contributed by atoms with E-state index in [-0.39, 0.29) is 18.0 Å². The molecule has 4 nitrogen and oxygen atoms in total. The molecule has 0 fully saturated rings. The highest BCUT2D eigenvalue weighted by Gasteiger charge is 2.20. The molecule has 1 atom stereocenters. The standard InChI is InChI=1S/C43H56O4/c1-5-8-9-10-11-12-13-14-15-16-29-45-41-26-23-36(24-27-41)35-19-17-34(18-20-35)32-46-42-28-25-38-30-37(21-22-39(38)31-42)33(4)43(44)47-40(6-2)7-3/h17-28,30-31,33,40H,5-16,29,32H2,1-4H3/t33-/m0/s1. The Morgan fingerprint density at radius 3 is 1.79 bits per heavy atom. The first-order valence-corrected chi connectivity index (χ1v) is 18.2. The van der Waals surface area contributed by atoms with Crippen LogP contribution in [0.2, 0.25) is 0 Å². The first-order valence-electron chi connectivity index (χ1n) is 18.2. The van der Waals surface area contributed by atoms with Gasteiger partial charge in [0.2, 0.25) is 0 Å². The van der Waals surface area contributed by atoms with Crippen LogP contribution in [-0.2, 0) is 16.1 Å². The third kappa shape index (κ3) is 11.8. The van der Waals surface area contributed by atoms with E-state index in [0.29, 0.717) is 6.61 Å². The SMILES string of the molecule is CCCCCCCCCCCCOc1ccc(-c2ccc(COc3ccc4cc([C@H](C)C(=O)OC(CC)CC)ccc4c3)cc2)cc1. The minimum atomic E-state index is -0.301. The van der Waals surface area contributed by atoms with Gasteiger partial charge in [-0.3, -0.25) is 4.79 Å². The van der Waals surface area contributed by atoms with Crippen molar-refractivity contribution >= 4 is 16.7 Å². The third-order valence-corrected chi connectivity index (χ3v) is 9.20. The van der Waals surface area contributed by atoms with E-state index in [1.807, 2.05) is 32.9 Å². The van der Waals surface area contributed by atoms with Crippen molar-refractivity contribution in [2.75, 3.05) is 6.61 Å². The molecule has 0 saturated heterocycles. The number of hydrogen-bond donors (Lipinski definition) is 0. The summed E-state index contributed by atoms with van der Waals surface area (Å²) in [5, 5.41) is 2.16. The van der Waals surface area contributed by atoms with Gasteiger partial charge in [-0.2, -0.15) is 0 Å². The molecule has 0 N–H and O–H groups in total. The van der Waals surface area contributed by atoms with Gasteiger partial charge in [0.05, 0.1) is 12.5 Å². The zero-order chi connectivity index (χ0) is 33.3. The van der Waals surface area contributed by atoms with Crippen molar-refractivity contribution in [2.24, 2.45) is 0 Å². The number of unbranched alkanes of at least 4 members (excludes halogenated alkanes) is 9. The topological polar surface area (TPSA) is 44.8 Å². The lowest BCUT2D eigenvalue weighted by Crippen LogP contribution is -2.20. The van der Waals surface area contributed by atoms with Crippen LogP contribution in [0.15, 0.2) is 84.9 Å². The van der Waals surface area contributed by atoms with Crippen LogP contribution < -0.4 is 9.47 Å². The predicted octanol–water partition coefficient (Wildman–Crippen LogP) is 12.2. The number of benzene rings is 4. The van der Waals surface area contributed by atoms with Gasteiger partial charge in [0.1, 0.15) is 24.2 Å². The van der Waals surface area contributed by atoms with E-state index in [4.69, 9.17) is 14.2 Å². The van der Waals surface area contributed by atoms with E-state index in [2.05, 4.69) is 79.7 Å². The van der Waals surface area contributed by atoms with E-state index in [0.717, 1.165) is 59.3 Å². The van der Waals surface area contributed by atoms with Crippen molar-refractivity contribution in [2.45, 2.75) is 123 Å². The quantitative estimate of drug-likeness (QED) is 0.0674. The van der Waals surface area contributed by atoms with Gasteiger partial charge in [-0.25, -0.2) is 0 Å². The van der Waals surface area contributed by atoms with Crippen molar-refractivity contribution in [3.63, 3.8) is 0 Å². The van der Waals surface area contributed by atoms with Crippen molar-refractivity contribution < 1.29 is 19.0 Å². The number of ether oxygens (including phenoxy) is 3. The first-order chi connectivity index (χ1) is 23.0. The third-order valence-electron chi connectivity index (χ3n) is 9.20. The number of rotatable bonds is 21. The van der Waals surface area contributed by atoms with Crippen molar-refractivity contribution in [1.29, 1.82) is 0 Å². The molecular formula is C43H56O4. The van der Waals surface area contributed by atoms with Crippen LogP contribution in [0.25, 0.3) is 21.9 Å². The molecule has 4 aromatic rings. The van der Waals surface area contributed by atoms with Crippen LogP contribution in [0, 0.1) is 0 Å². The molecule has 0 aliphatic heterocycles. The fourth-order valence-corrected chi connectivity index (χ4v) is 5.94. The van der Waals surface area contributed by atoms with Crippen LogP contribution in [0.4, 0.5) is 0 Å². The summed E-state index contributed by atoms with van der Waals surface area (Å²) in [6.07, 6.45) is 15.0. The van der Waals surface area contributed by atoms with Gasteiger partial charge in [0.25, 0.3) is 0 Å². The Bertz CT molecular complexity index is 1470. The second-order valence-corrected chi connectivity index (χ2v) is 12.9. The average Bonchev–Trinajstić information content (AvgIpc) is 3.11. The zero-order valence-corrected chi connectivity index (χ0v) is 29.3. The van der Waals surface area contributed by atoms with Crippen LogP contribution in [0.5, 0.6) is 11.5 Å². The molecule has 0 aliphatic carbocycles. The van der Waals surface area contributed by atoms with Gasteiger partial charge in [-0.15, -0.1) is 0 Å². The summed E-state index contributed by atoms with van der Waals surface area (Å²) < 4.78 is 17.8. The van der Waals surface area contributed by atoms with Gasteiger partial charge >= 0.3 is 5.97 Å². The van der Waals surface area contributed by atoms with Crippen LogP contribution in [0.1, 0.15) is 122 Å². The van der Waals surface area contributed by atoms with Gasteiger partial charge in [0.15, 0.2) is 0 Å². The number of hydrogen-bond acceptors (Lipinski definition) is 4. The molecule has 0 amide bonds. The maximum absolute atomic E-state index is 12.6. The largest absolute Gasteiger partial charge is 0.494 e. The second kappa shape index (κ2) is 19.8. The highest BCUT2D eigenvalue weighted by molar-refractivity contribution is 5.86. The van der Waals surface area contributed by atoms with Gasteiger partial charge in [0, 0.05) is 0 Å².